The van der Waals surface area contributed by atoms with Crippen LogP contribution in [0.2, 0.25) is 0 Å². The molecule has 1 N–H and O–H groups in total. The first-order valence-electron chi connectivity index (χ1n) is 4.22. The van der Waals surface area contributed by atoms with E-state index >= 15 is 0 Å². The molecule has 0 radical (unpaired) electrons. The molecule has 0 fully saturated rings. The minimum atomic E-state index is -0.00481. The van der Waals surface area contributed by atoms with Crippen LogP contribution in [0, 0.1) is 5.21 Å². The van der Waals surface area contributed by atoms with Crippen LogP contribution in [0.25, 0.3) is 0 Å². The molecule has 0 bridgehead atoms. The van der Waals surface area contributed by atoms with Gasteiger partial charge in [0.2, 0.25) is 0 Å². The summed E-state index contributed by atoms with van der Waals surface area (Å²) in [7, 11) is 0. The molecule has 0 aliphatic rings. The van der Waals surface area contributed by atoms with E-state index in [0.29, 0.717) is 11.4 Å². The zero-order valence-electron chi connectivity index (χ0n) is 7.42. The Kier molecular flexibility index (Phi) is 2.48. The highest BCUT2D eigenvalue weighted by atomic mass is 16.5. The molecule has 2 heterocycles. The third-order valence-corrected chi connectivity index (χ3v) is 1.89. The molecule has 0 saturated heterocycles. The van der Waals surface area contributed by atoms with E-state index in [-0.39, 0.29) is 5.06 Å². The molecule has 0 spiro atoms. The molecule has 2 aromatic heterocycles. The summed E-state index contributed by atoms with van der Waals surface area (Å²) in [6.45, 7) is 0. The lowest BCUT2D eigenvalue weighted by atomic mass is 10.3. The highest BCUT2D eigenvalue weighted by molar-refractivity contribution is 5.34. The van der Waals surface area contributed by atoms with E-state index in [2.05, 4.69) is 9.97 Å². The van der Waals surface area contributed by atoms with Gasteiger partial charge in [0.15, 0.2) is 0 Å². The summed E-state index contributed by atoms with van der Waals surface area (Å²) in [5.74, 6) is 0. The first kappa shape index (κ1) is 8.80. The molecule has 0 aliphatic carbocycles. The van der Waals surface area contributed by atoms with Crippen LogP contribution >= 0.6 is 0 Å². The molecule has 0 amide bonds. The maximum Gasteiger partial charge on any atom is 0.139 e. The highest BCUT2D eigenvalue weighted by Gasteiger charge is 2.04. The van der Waals surface area contributed by atoms with Crippen LogP contribution in [-0.2, 0) is 0 Å². The number of quaternary nitrogens is 1. The summed E-state index contributed by atoms with van der Waals surface area (Å²) in [4.78, 5) is 7.71. The SMILES string of the molecule is [O-][NH+](c1ccncc1)c1ccncc1. The third-order valence-electron chi connectivity index (χ3n) is 1.89. The van der Waals surface area contributed by atoms with Gasteiger partial charge in [0.05, 0.1) is 0 Å². The molecule has 0 aromatic carbocycles. The maximum absolute atomic E-state index is 11.8. The number of hydrogen-bond donors (Lipinski definition) is 1. The maximum atomic E-state index is 11.8. The molecular formula is C10H9N3O. The number of nitrogens with zero attached hydrogens (tertiary/aromatic N) is 2. The minimum Gasteiger partial charge on any atom is -0.623 e. The fourth-order valence-corrected chi connectivity index (χ4v) is 1.17. The molecule has 14 heavy (non-hydrogen) atoms. The Hall–Kier alpha value is -1.78. The van der Waals surface area contributed by atoms with Crippen LogP contribution < -0.4 is 5.06 Å². The van der Waals surface area contributed by atoms with Gasteiger partial charge in [0.1, 0.15) is 11.4 Å². The van der Waals surface area contributed by atoms with Crippen LogP contribution in [0.1, 0.15) is 0 Å². The molecule has 0 atom stereocenters. The number of pyridine rings is 2. The van der Waals surface area contributed by atoms with Crippen LogP contribution in [0.5, 0.6) is 0 Å². The Morgan fingerprint density at radius 3 is 1.50 bits per heavy atom. The van der Waals surface area contributed by atoms with Gasteiger partial charge in [-0.2, -0.15) is 0 Å². The number of hydrogen-bond acceptors (Lipinski definition) is 3. The van der Waals surface area contributed by atoms with Crippen LogP contribution in [0.3, 0.4) is 0 Å². The molecule has 0 aliphatic heterocycles. The zero-order valence-corrected chi connectivity index (χ0v) is 7.42. The van der Waals surface area contributed by atoms with E-state index in [1.165, 1.54) is 0 Å². The molecule has 0 unspecified atom stereocenters. The lowest BCUT2D eigenvalue weighted by molar-refractivity contribution is -0.698. The summed E-state index contributed by atoms with van der Waals surface area (Å²) < 4.78 is 0. The smallest absolute Gasteiger partial charge is 0.139 e. The molecule has 2 rings (SSSR count). The van der Waals surface area contributed by atoms with E-state index in [0.717, 1.165) is 0 Å². The predicted octanol–water partition coefficient (Wildman–Crippen LogP) is 0.822. The second-order valence-electron chi connectivity index (χ2n) is 2.80. The quantitative estimate of drug-likeness (QED) is 0.708. The largest absolute Gasteiger partial charge is 0.623 e. The van der Waals surface area contributed by atoms with Crippen LogP contribution in [0.15, 0.2) is 49.1 Å². The average Bonchev–Trinajstić information content (AvgIpc) is 2.30. The first-order valence-corrected chi connectivity index (χ1v) is 4.22. The first-order chi connectivity index (χ1) is 6.88. The minimum absolute atomic E-state index is 0.00481. The molecule has 70 valence electrons. The number of nitrogens with one attached hydrogen (secondary N) is 1. The summed E-state index contributed by atoms with van der Waals surface area (Å²) in [5, 5.41) is 11.8. The van der Waals surface area contributed by atoms with Gasteiger partial charge in [-0.05, 0) is 0 Å². The third kappa shape index (κ3) is 1.76. The highest BCUT2D eigenvalue weighted by Crippen LogP contribution is 2.03. The van der Waals surface area contributed by atoms with Gasteiger partial charge in [0.25, 0.3) is 0 Å². The van der Waals surface area contributed by atoms with E-state index < -0.39 is 0 Å². The lowest BCUT2D eigenvalue weighted by Crippen LogP contribution is -2.96. The van der Waals surface area contributed by atoms with E-state index in [1.807, 2.05) is 0 Å². The Bertz CT molecular complexity index is 351. The fourth-order valence-electron chi connectivity index (χ4n) is 1.17. The number of rotatable bonds is 2. The molecule has 2 aromatic rings. The van der Waals surface area contributed by atoms with Crippen LogP contribution in [0.4, 0.5) is 11.4 Å². The van der Waals surface area contributed by atoms with Crippen molar-refractivity contribution in [2.24, 2.45) is 0 Å². The van der Waals surface area contributed by atoms with Crippen LogP contribution in [-0.4, -0.2) is 9.97 Å². The van der Waals surface area contributed by atoms with Gasteiger partial charge >= 0.3 is 0 Å². The molecule has 4 heteroatoms. The van der Waals surface area contributed by atoms with Gasteiger partial charge in [-0.3, -0.25) is 9.97 Å². The van der Waals surface area contributed by atoms with Crippen molar-refractivity contribution in [2.75, 3.05) is 0 Å². The van der Waals surface area contributed by atoms with Crippen molar-refractivity contribution in [3.8, 4) is 0 Å². The topological polar surface area (TPSA) is 53.3 Å². The van der Waals surface area contributed by atoms with Gasteiger partial charge in [-0.15, -0.1) is 0 Å². The fraction of sp³-hybridized carbons (Fsp3) is 0. The molecule has 0 saturated carbocycles. The van der Waals surface area contributed by atoms with Gasteiger partial charge in [-0.1, -0.05) is 0 Å². The summed E-state index contributed by atoms with van der Waals surface area (Å²) in [6.07, 6.45) is 6.42. The van der Waals surface area contributed by atoms with Gasteiger partial charge in [0, 0.05) is 49.1 Å². The zero-order chi connectivity index (χ0) is 9.80. The van der Waals surface area contributed by atoms with Crippen molar-refractivity contribution >= 4 is 11.4 Å². The second kappa shape index (κ2) is 3.95. The Labute approximate surface area is 81.4 Å². The van der Waals surface area contributed by atoms with E-state index in [4.69, 9.17) is 0 Å². The van der Waals surface area contributed by atoms with E-state index in [9.17, 15) is 5.21 Å². The van der Waals surface area contributed by atoms with Crippen molar-refractivity contribution in [2.45, 2.75) is 0 Å². The Morgan fingerprint density at radius 1 is 0.786 bits per heavy atom. The normalized spacial score (nSPS) is 10.4. The Morgan fingerprint density at radius 2 is 1.14 bits per heavy atom. The van der Waals surface area contributed by atoms with Crippen molar-refractivity contribution in [1.29, 1.82) is 0 Å². The average molecular weight is 187 g/mol. The van der Waals surface area contributed by atoms with Crippen molar-refractivity contribution in [3.05, 3.63) is 54.3 Å². The summed E-state index contributed by atoms with van der Waals surface area (Å²) in [6, 6.07) is 6.79. The standard InChI is InChI=1S/C10H9N3O/c14-13(9-1-5-11-6-2-9)10-3-7-12-8-4-10/h1-8,13H. The van der Waals surface area contributed by atoms with Crippen molar-refractivity contribution in [1.82, 2.24) is 9.97 Å². The van der Waals surface area contributed by atoms with E-state index in [1.54, 1.807) is 49.1 Å². The summed E-state index contributed by atoms with van der Waals surface area (Å²) >= 11 is 0. The number of aromatic nitrogens is 2. The predicted molar refractivity (Wildman–Crippen MR) is 52.1 cm³/mol. The van der Waals surface area contributed by atoms with Gasteiger partial charge in [-0.25, -0.2) is 0 Å². The van der Waals surface area contributed by atoms with Crippen molar-refractivity contribution in [3.63, 3.8) is 0 Å². The summed E-state index contributed by atoms with van der Waals surface area (Å²) in [5.41, 5.74) is 1.29. The lowest BCUT2D eigenvalue weighted by Gasteiger charge is -2.20. The van der Waals surface area contributed by atoms with Gasteiger partial charge < -0.3 is 10.3 Å². The van der Waals surface area contributed by atoms with Crippen molar-refractivity contribution < 1.29 is 5.06 Å². The molecule has 4 nitrogen and oxygen atoms in total. The monoisotopic (exact) mass is 187 g/mol. The molecular weight excluding hydrogens is 178 g/mol. The Balaban J connectivity index is 2.30. The second-order valence-corrected chi connectivity index (χ2v) is 2.80.